The zero-order valence-corrected chi connectivity index (χ0v) is 15.4. The van der Waals surface area contributed by atoms with E-state index >= 15 is 0 Å². The van der Waals surface area contributed by atoms with E-state index in [1.54, 1.807) is 0 Å². The van der Waals surface area contributed by atoms with E-state index in [0.717, 1.165) is 0 Å². The zero-order valence-electron chi connectivity index (χ0n) is 15.4. The minimum absolute atomic E-state index is 0.0693. The summed E-state index contributed by atoms with van der Waals surface area (Å²) in [5, 5.41) is 12.3. The Bertz CT molecular complexity index is 686. The Morgan fingerprint density at radius 2 is 2.07 bits per heavy atom. The van der Waals surface area contributed by atoms with Crippen molar-refractivity contribution in [3.05, 3.63) is 23.8 Å². The van der Waals surface area contributed by atoms with Crippen LogP contribution >= 0.6 is 0 Å². The van der Waals surface area contributed by atoms with E-state index in [4.69, 9.17) is 5.11 Å². The van der Waals surface area contributed by atoms with Crippen LogP contribution in [0.25, 0.3) is 0 Å². The number of nitrogens with zero attached hydrogens (tertiary/aromatic N) is 1. The molecule has 1 heterocycles. The van der Waals surface area contributed by atoms with Gasteiger partial charge in [0.2, 0.25) is 0 Å². The van der Waals surface area contributed by atoms with Crippen LogP contribution in [0.2, 0.25) is 0 Å². The number of likely N-dealkylation sites (tertiary alicyclic amines) is 1. The third kappa shape index (κ3) is 5.21. The molecule has 1 fully saturated rings. The molecule has 0 unspecified atom stereocenters. The molecule has 0 bridgehead atoms. The van der Waals surface area contributed by atoms with Crippen LogP contribution in [0.5, 0.6) is 5.75 Å². The Hall–Kier alpha value is -2.58. The maximum absolute atomic E-state index is 12.7. The lowest BCUT2D eigenvalue weighted by atomic mass is 9.82. The predicted molar refractivity (Wildman–Crippen MR) is 94.4 cm³/mol. The quantitative estimate of drug-likeness (QED) is 0.728. The van der Waals surface area contributed by atoms with E-state index in [-0.39, 0.29) is 34.9 Å². The minimum atomic E-state index is -3.00. The van der Waals surface area contributed by atoms with Gasteiger partial charge in [0.15, 0.2) is 0 Å². The molecule has 1 aliphatic rings. The molecule has 0 radical (unpaired) electrons. The van der Waals surface area contributed by atoms with Crippen molar-refractivity contribution in [3.63, 3.8) is 0 Å². The Balaban J connectivity index is 2.18. The van der Waals surface area contributed by atoms with Crippen molar-refractivity contribution in [3.8, 4) is 5.75 Å². The number of anilines is 1. The molecule has 1 saturated heterocycles. The summed E-state index contributed by atoms with van der Waals surface area (Å²) in [6.45, 7) is 1.68. The largest absolute Gasteiger partial charge is 0.465 e. The average molecular weight is 386 g/mol. The maximum atomic E-state index is 12.7. The van der Waals surface area contributed by atoms with E-state index in [2.05, 4.69) is 14.8 Å². The highest BCUT2D eigenvalue weighted by Crippen LogP contribution is 2.32. The number of benzene rings is 1. The lowest BCUT2D eigenvalue weighted by Crippen LogP contribution is -2.46. The van der Waals surface area contributed by atoms with Gasteiger partial charge in [0.05, 0.1) is 18.4 Å². The standard InChI is InChI=1S/C18H24F2N2O5/c1-10-9-22(18(24)25)7-6-13(10)11(2)21-14-8-12(16(23)26-3)4-5-15(14)27-17(19)20/h4-5,8,10-11,13,17,21H,6-7,9H2,1-3H3,(H,24,25)/t10-,11+,13+/m1/s1. The lowest BCUT2D eigenvalue weighted by Gasteiger charge is -2.39. The maximum Gasteiger partial charge on any atom is 0.407 e. The number of alkyl halides is 2. The van der Waals surface area contributed by atoms with Gasteiger partial charge in [-0.1, -0.05) is 6.92 Å². The number of amides is 1. The lowest BCUT2D eigenvalue weighted by molar-refractivity contribution is -0.0494. The van der Waals surface area contributed by atoms with Crippen molar-refractivity contribution < 1.29 is 33.0 Å². The molecule has 1 aliphatic heterocycles. The molecule has 2 rings (SSSR count). The smallest absolute Gasteiger partial charge is 0.407 e. The second-order valence-electron chi connectivity index (χ2n) is 6.67. The van der Waals surface area contributed by atoms with Gasteiger partial charge >= 0.3 is 18.7 Å². The van der Waals surface area contributed by atoms with E-state index in [9.17, 15) is 18.4 Å². The van der Waals surface area contributed by atoms with Gasteiger partial charge in [0, 0.05) is 19.1 Å². The summed E-state index contributed by atoms with van der Waals surface area (Å²) < 4.78 is 34.6. The highest BCUT2D eigenvalue weighted by Gasteiger charge is 2.32. The van der Waals surface area contributed by atoms with E-state index in [1.807, 2.05) is 13.8 Å². The number of carbonyl (C=O) groups excluding carboxylic acids is 1. The second kappa shape index (κ2) is 8.88. The van der Waals surface area contributed by atoms with Crippen molar-refractivity contribution in [2.24, 2.45) is 11.8 Å². The molecule has 3 atom stereocenters. The predicted octanol–water partition coefficient (Wildman–Crippen LogP) is 3.51. The van der Waals surface area contributed by atoms with Gasteiger partial charge < -0.3 is 24.8 Å². The van der Waals surface area contributed by atoms with Crippen molar-refractivity contribution in [2.75, 3.05) is 25.5 Å². The van der Waals surface area contributed by atoms with Crippen LogP contribution in [0, 0.1) is 11.8 Å². The monoisotopic (exact) mass is 386 g/mol. The molecule has 7 nitrogen and oxygen atoms in total. The van der Waals surface area contributed by atoms with Crippen molar-refractivity contribution in [1.29, 1.82) is 0 Å². The van der Waals surface area contributed by atoms with E-state index in [0.29, 0.717) is 19.5 Å². The third-order valence-corrected chi connectivity index (χ3v) is 4.88. The Morgan fingerprint density at radius 3 is 2.63 bits per heavy atom. The summed E-state index contributed by atoms with van der Waals surface area (Å²) in [5.74, 6) is -0.444. The molecular weight excluding hydrogens is 362 g/mol. The molecule has 0 aliphatic carbocycles. The first-order chi connectivity index (χ1) is 12.7. The van der Waals surface area contributed by atoms with Gasteiger partial charge in [-0.2, -0.15) is 8.78 Å². The van der Waals surface area contributed by atoms with Crippen LogP contribution < -0.4 is 10.1 Å². The van der Waals surface area contributed by atoms with Gasteiger partial charge in [-0.05, 0) is 43.4 Å². The van der Waals surface area contributed by atoms with Gasteiger partial charge in [0.1, 0.15) is 5.75 Å². The highest BCUT2D eigenvalue weighted by molar-refractivity contribution is 5.91. The Morgan fingerprint density at radius 1 is 1.37 bits per heavy atom. The molecule has 0 saturated carbocycles. The number of halogens is 2. The van der Waals surface area contributed by atoms with Gasteiger partial charge in [-0.15, -0.1) is 0 Å². The Labute approximate surface area is 156 Å². The summed E-state index contributed by atoms with van der Waals surface area (Å²) in [5.41, 5.74) is 0.473. The molecule has 1 aromatic carbocycles. The third-order valence-electron chi connectivity index (χ3n) is 4.88. The SMILES string of the molecule is COC(=O)c1ccc(OC(F)F)c(N[C@@H](C)[C@H]2CCN(C(=O)O)C[C@H]2C)c1. The van der Waals surface area contributed by atoms with Gasteiger partial charge in [-0.25, -0.2) is 9.59 Å². The first kappa shape index (κ1) is 20.7. The minimum Gasteiger partial charge on any atom is -0.465 e. The number of carbonyl (C=O) groups is 2. The number of rotatable bonds is 6. The van der Waals surface area contributed by atoms with Crippen molar-refractivity contribution in [2.45, 2.75) is 32.9 Å². The normalized spacial score (nSPS) is 20.9. The highest BCUT2D eigenvalue weighted by atomic mass is 19.3. The fraction of sp³-hybridized carbons (Fsp3) is 0.556. The first-order valence-corrected chi connectivity index (χ1v) is 8.64. The molecule has 2 N–H and O–H groups in total. The van der Waals surface area contributed by atoms with E-state index < -0.39 is 18.7 Å². The van der Waals surface area contributed by atoms with Crippen LogP contribution in [0.4, 0.5) is 19.3 Å². The summed E-state index contributed by atoms with van der Waals surface area (Å²) >= 11 is 0. The van der Waals surface area contributed by atoms with Crippen LogP contribution in [-0.4, -0.2) is 54.9 Å². The Kier molecular flexibility index (Phi) is 6.81. The molecule has 0 aromatic heterocycles. The molecule has 150 valence electrons. The number of hydrogen-bond acceptors (Lipinski definition) is 5. The van der Waals surface area contributed by atoms with E-state index in [1.165, 1.54) is 30.2 Å². The molecular formula is C18H24F2N2O5. The summed E-state index contributed by atoms with van der Waals surface area (Å²) in [6, 6.07) is 3.91. The fourth-order valence-electron chi connectivity index (χ4n) is 3.52. The van der Waals surface area contributed by atoms with Crippen LogP contribution in [-0.2, 0) is 4.74 Å². The van der Waals surface area contributed by atoms with Crippen molar-refractivity contribution in [1.82, 2.24) is 4.90 Å². The van der Waals surface area contributed by atoms with Gasteiger partial charge in [0.25, 0.3) is 0 Å². The number of ether oxygens (including phenoxy) is 2. The number of methoxy groups -OCH3 is 1. The topological polar surface area (TPSA) is 88.1 Å². The molecule has 1 aromatic rings. The number of esters is 1. The van der Waals surface area contributed by atoms with Gasteiger partial charge in [-0.3, -0.25) is 0 Å². The van der Waals surface area contributed by atoms with Crippen LogP contribution in [0.15, 0.2) is 18.2 Å². The number of carboxylic acid groups (broad SMARTS) is 1. The number of piperidine rings is 1. The average Bonchev–Trinajstić information content (AvgIpc) is 2.61. The molecule has 1 amide bonds. The first-order valence-electron chi connectivity index (χ1n) is 8.64. The molecule has 0 spiro atoms. The van der Waals surface area contributed by atoms with Crippen LogP contribution in [0.3, 0.4) is 0 Å². The molecule has 9 heteroatoms. The van der Waals surface area contributed by atoms with Crippen LogP contribution in [0.1, 0.15) is 30.6 Å². The molecule has 27 heavy (non-hydrogen) atoms. The summed E-state index contributed by atoms with van der Waals surface area (Å²) in [7, 11) is 1.24. The fourth-order valence-corrected chi connectivity index (χ4v) is 3.52. The summed E-state index contributed by atoms with van der Waals surface area (Å²) in [4.78, 5) is 24.2. The number of nitrogens with one attached hydrogen (secondary N) is 1. The summed E-state index contributed by atoms with van der Waals surface area (Å²) in [6.07, 6.45) is -0.303. The zero-order chi connectivity index (χ0) is 20.1. The number of hydrogen-bond donors (Lipinski definition) is 2. The second-order valence-corrected chi connectivity index (χ2v) is 6.67. The van der Waals surface area contributed by atoms with Crippen molar-refractivity contribution >= 4 is 17.7 Å².